The Balaban J connectivity index is 1.77. The highest BCUT2D eigenvalue weighted by molar-refractivity contribution is 6.30. The summed E-state index contributed by atoms with van der Waals surface area (Å²) in [6, 6.07) is 16.1. The van der Waals surface area contributed by atoms with Gasteiger partial charge >= 0.3 is 0 Å². The van der Waals surface area contributed by atoms with Crippen LogP contribution in [0.3, 0.4) is 0 Å². The molecule has 1 saturated carbocycles. The first kappa shape index (κ1) is 19.3. The largest absolute Gasteiger partial charge is 0.496 e. The predicted molar refractivity (Wildman–Crippen MR) is 115 cm³/mol. The van der Waals surface area contributed by atoms with Gasteiger partial charge in [-0.25, -0.2) is 0 Å². The maximum atomic E-state index is 6.54. The van der Waals surface area contributed by atoms with E-state index in [4.69, 9.17) is 27.1 Å². The average Bonchev–Trinajstić information content (AvgIpc) is 3.21. The number of rotatable bonds is 6. The third kappa shape index (κ3) is 3.51. The Labute approximate surface area is 172 Å². The van der Waals surface area contributed by atoms with Crippen LogP contribution >= 0.6 is 11.6 Å². The van der Waals surface area contributed by atoms with Crippen LogP contribution in [0.25, 0.3) is 0 Å². The summed E-state index contributed by atoms with van der Waals surface area (Å²) in [4.78, 5) is 7.78. The fraction of sp³-hybridized carbons (Fsp3) is 0.435. The van der Waals surface area contributed by atoms with Gasteiger partial charge in [0.1, 0.15) is 11.6 Å². The molecule has 0 spiro atoms. The van der Waals surface area contributed by atoms with Crippen molar-refractivity contribution in [2.45, 2.75) is 43.7 Å². The molecule has 1 saturated heterocycles. The molecule has 148 valence electrons. The zero-order valence-electron chi connectivity index (χ0n) is 16.4. The van der Waals surface area contributed by atoms with Crippen LogP contribution in [-0.2, 0) is 0 Å². The number of nitrogens with two attached hydrogens (primary N) is 1. The molecule has 4 nitrogen and oxygen atoms in total. The second kappa shape index (κ2) is 8.14. The number of ether oxygens (including phenoxy) is 1. The molecule has 1 atom stereocenters. The second-order valence-corrected chi connectivity index (χ2v) is 8.26. The molecule has 1 heterocycles. The lowest BCUT2D eigenvalue weighted by Crippen LogP contribution is -2.56. The lowest BCUT2D eigenvalue weighted by Gasteiger charge is -2.52. The Hall–Kier alpha value is -2.04. The minimum absolute atomic E-state index is 0.0148. The van der Waals surface area contributed by atoms with Gasteiger partial charge in [0.2, 0.25) is 0 Å². The van der Waals surface area contributed by atoms with Gasteiger partial charge in [0, 0.05) is 10.6 Å². The summed E-state index contributed by atoms with van der Waals surface area (Å²) in [6.07, 6.45) is 6.13. The van der Waals surface area contributed by atoms with E-state index in [0.29, 0.717) is 16.6 Å². The monoisotopic (exact) mass is 397 g/mol. The van der Waals surface area contributed by atoms with Crippen LogP contribution in [0.4, 0.5) is 0 Å². The molecule has 2 fully saturated rings. The standard InChI is InChI=1S/C23H28ClN3O/c1-28-20-16-18(24)10-11-19(20)22(25)26-21(17-8-3-2-4-9-17)23(12-7-13-23)27-14-5-6-15-27/h2-4,8-11,16,21H,5-7,12-15H2,1H3,(H2,25,26). The predicted octanol–water partition coefficient (Wildman–Crippen LogP) is 4.81. The smallest absolute Gasteiger partial charge is 0.131 e. The molecule has 1 aliphatic heterocycles. The molecule has 0 amide bonds. The highest BCUT2D eigenvalue weighted by Crippen LogP contribution is 2.50. The summed E-state index contributed by atoms with van der Waals surface area (Å²) < 4.78 is 5.50. The number of hydrogen-bond acceptors (Lipinski definition) is 3. The van der Waals surface area contributed by atoms with Crippen molar-refractivity contribution in [3.05, 3.63) is 64.7 Å². The maximum absolute atomic E-state index is 6.54. The maximum Gasteiger partial charge on any atom is 0.131 e. The zero-order valence-corrected chi connectivity index (χ0v) is 17.2. The van der Waals surface area contributed by atoms with Gasteiger partial charge in [-0.1, -0.05) is 41.9 Å². The van der Waals surface area contributed by atoms with E-state index in [1.165, 1.54) is 37.7 Å². The molecule has 0 radical (unpaired) electrons. The van der Waals surface area contributed by atoms with Crippen molar-refractivity contribution in [3.8, 4) is 5.75 Å². The first-order valence-corrected chi connectivity index (χ1v) is 10.5. The number of halogens is 1. The molecule has 2 aromatic rings. The van der Waals surface area contributed by atoms with E-state index >= 15 is 0 Å². The molecule has 5 heteroatoms. The molecule has 2 aliphatic rings. The zero-order chi connectivity index (χ0) is 19.6. The van der Waals surface area contributed by atoms with Gasteiger partial charge in [0.05, 0.1) is 18.7 Å². The van der Waals surface area contributed by atoms with Gasteiger partial charge in [0.15, 0.2) is 0 Å². The second-order valence-electron chi connectivity index (χ2n) is 7.82. The molecular weight excluding hydrogens is 370 g/mol. The fourth-order valence-electron chi connectivity index (χ4n) is 4.69. The molecule has 2 aromatic carbocycles. The van der Waals surface area contributed by atoms with Crippen LogP contribution in [0.1, 0.15) is 49.3 Å². The van der Waals surface area contributed by atoms with E-state index in [0.717, 1.165) is 18.7 Å². The van der Waals surface area contributed by atoms with Crippen molar-refractivity contribution in [1.82, 2.24) is 4.90 Å². The summed E-state index contributed by atoms with van der Waals surface area (Å²) >= 11 is 6.12. The number of methoxy groups -OCH3 is 1. The van der Waals surface area contributed by atoms with Crippen molar-refractivity contribution in [2.75, 3.05) is 20.2 Å². The van der Waals surface area contributed by atoms with Gasteiger partial charge in [-0.2, -0.15) is 0 Å². The third-order valence-electron chi connectivity index (χ3n) is 6.29. The highest BCUT2D eigenvalue weighted by Gasteiger charge is 2.50. The molecular formula is C23H28ClN3O. The first-order valence-electron chi connectivity index (χ1n) is 10.1. The van der Waals surface area contributed by atoms with Crippen LogP contribution in [0.2, 0.25) is 5.02 Å². The highest BCUT2D eigenvalue weighted by atomic mass is 35.5. The number of benzene rings is 2. The normalized spacial score (nSPS) is 20.6. The molecule has 0 aromatic heterocycles. The number of likely N-dealkylation sites (tertiary alicyclic amines) is 1. The minimum Gasteiger partial charge on any atom is -0.496 e. The van der Waals surface area contributed by atoms with Gasteiger partial charge in [-0.15, -0.1) is 0 Å². The van der Waals surface area contributed by atoms with E-state index in [-0.39, 0.29) is 11.6 Å². The van der Waals surface area contributed by atoms with E-state index in [2.05, 4.69) is 35.2 Å². The van der Waals surface area contributed by atoms with E-state index in [1.807, 2.05) is 12.1 Å². The van der Waals surface area contributed by atoms with Crippen molar-refractivity contribution in [3.63, 3.8) is 0 Å². The van der Waals surface area contributed by atoms with E-state index < -0.39 is 0 Å². The lowest BCUT2D eigenvalue weighted by atomic mass is 9.68. The van der Waals surface area contributed by atoms with Crippen LogP contribution < -0.4 is 10.5 Å². The SMILES string of the molecule is COc1cc(Cl)ccc1C(N)=NC(c1ccccc1)C1(N2CCCC2)CCC1. The van der Waals surface area contributed by atoms with Crippen LogP contribution in [0.5, 0.6) is 5.75 Å². The quantitative estimate of drug-likeness (QED) is 0.561. The molecule has 0 bridgehead atoms. The molecule has 2 N–H and O–H groups in total. The average molecular weight is 398 g/mol. The van der Waals surface area contributed by atoms with Gasteiger partial charge < -0.3 is 10.5 Å². The molecule has 1 aliphatic carbocycles. The minimum atomic E-state index is 0.0148. The Kier molecular flexibility index (Phi) is 5.61. The van der Waals surface area contributed by atoms with Gasteiger partial charge in [-0.3, -0.25) is 9.89 Å². The van der Waals surface area contributed by atoms with Crippen molar-refractivity contribution in [2.24, 2.45) is 10.7 Å². The number of aliphatic imine (C=N–C) groups is 1. The number of hydrogen-bond donors (Lipinski definition) is 1. The Morgan fingerprint density at radius 1 is 1.11 bits per heavy atom. The van der Waals surface area contributed by atoms with Crippen LogP contribution in [0.15, 0.2) is 53.5 Å². The first-order chi connectivity index (χ1) is 13.6. The third-order valence-corrected chi connectivity index (χ3v) is 6.52. The van der Waals surface area contributed by atoms with Crippen molar-refractivity contribution < 1.29 is 4.74 Å². The van der Waals surface area contributed by atoms with Crippen LogP contribution in [-0.4, -0.2) is 36.5 Å². The number of nitrogens with zero attached hydrogens (tertiary/aromatic N) is 2. The fourth-order valence-corrected chi connectivity index (χ4v) is 4.85. The van der Waals surface area contributed by atoms with E-state index in [1.54, 1.807) is 13.2 Å². The summed E-state index contributed by atoms with van der Waals surface area (Å²) in [5, 5.41) is 0.625. The molecule has 4 rings (SSSR count). The number of amidine groups is 1. The van der Waals surface area contributed by atoms with Crippen molar-refractivity contribution >= 4 is 17.4 Å². The Morgan fingerprint density at radius 3 is 2.43 bits per heavy atom. The Morgan fingerprint density at radius 2 is 1.82 bits per heavy atom. The summed E-state index contributed by atoms with van der Waals surface area (Å²) in [5.41, 5.74) is 8.64. The van der Waals surface area contributed by atoms with Crippen LogP contribution in [0, 0.1) is 0 Å². The topological polar surface area (TPSA) is 50.9 Å². The summed E-state index contributed by atoms with van der Waals surface area (Å²) in [5.74, 6) is 1.16. The van der Waals surface area contributed by atoms with Crippen molar-refractivity contribution in [1.29, 1.82) is 0 Å². The lowest BCUT2D eigenvalue weighted by molar-refractivity contribution is 0.0117. The Bertz CT molecular complexity index is 842. The summed E-state index contributed by atoms with van der Waals surface area (Å²) in [7, 11) is 1.63. The van der Waals surface area contributed by atoms with Gasteiger partial charge in [0.25, 0.3) is 0 Å². The van der Waals surface area contributed by atoms with E-state index in [9.17, 15) is 0 Å². The molecule has 28 heavy (non-hydrogen) atoms. The molecule has 1 unspecified atom stereocenters. The summed E-state index contributed by atoms with van der Waals surface area (Å²) in [6.45, 7) is 2.31. The van der Waals surface area contributed by atoms with Gasteiger partial charge in [-0.05, 0) is 69.0 Å².